The number of aromatic amines is 1. The largest absolute Gasteiger partial charge is 0.573 e. The molecule has 4 rings (SSSR count). The van der Waals surface area contributed by atoms with Crippen molar-refractivity contribution in [3.05, 3.63) is 54.4 Å². The fourth-order valence-electron chi connectivity index (χ4n) is 3.53. The lowest BCUT2D eigenvalue weighted by atomic mass is 10.0. The van der Waals surface area contributed by atoms with E-state index in [4.69, 9.17) is 0 Å². The third kappa shape index (κ3) is 4.19. The fraction of sp³-hybridized carbons (Fsp3) is 0.250. The van der Waals surface area contributed by atoms with Gasteiger partial charge in [-0.2, -0.15) is 0 Å². The number of aromatic nitrogens is 2. The number of pyridine rings is 1. The summed E-state index contributed by atoms with van der Waals surface area (Å²) in [5.74, 6) is -0.307. The second kappa shape index (κ2) is 7.44. The Balaban J connectivity index is 1.77. The van der Waals surface area contributed by atoms with Crippen molar-refractivity contribution in [3.63, 3.8) is 0 Å². The standard InChI is InChI=1S/C20H18F3N3O3S/c1-30(27,28)18-10-12(6-8-24-18)16-11-15-13(7-9-25-19(15)26-16)14-4-2-3-5-17(14)29-20(21,22)23/h2-7,9,11,18,24H,8,10H2,1H3,(H,25,26). The molecule has 0 saturated heterocycles. The maximum absolute atomic E-state index is 12.8. The minimum absolute atomic E-state index is 0.273. The van der Waals surface area contributed by atoms with E-state index in [2.05, 4.69) is 20.0 Å². The van der Waals surface area contributed by atoms with Gasteiger partial charge in [-0.05, 0) is 29.3 Å². The van der Waals surface area contributed by atoms with Crippen molar-refractivity contribution >= 4 is 26.4 Å². The number of benzene rings is 1. The highest BCUT2D eigenvalue weighted by Crippen LogP contribution is 2.38. The molecule has 3 aromatic rings. The van der Waals surface area contributed by atoms with Gasteiger partial charge in [0.2, 0.25) is 0 Å². The van der Waals surface area contributed by atoms with Crippen LogP contribution in [0.4, 0.5) is 13.2 Å². The van der Waals surface area contributed by atoms with Crippen LogP contribution in [0.1, 0.15) is 12.1 Å². The van der Waals surface area contributed by atoms with Crippen LogP contribution in [0.15, 0.2) is 48.7 Å². The zero-order valence-corrected chi connectivity index (χ0v) is 16.6. The van der Waals surface area contributed by atoms with Gasteiger partial charge in [0, 0.05) is 42.1 Å². The normalized spacial score (nSPS) is 17.7. The molecule has 158 valence electrons. The molecular weight excluding hydrogens is 419 g/mol. The number of rotatable bonds is 4. The van der Waals surface area contributed by atoms with Crippen molar-refractivity contribution in [1.29, 1.82) is 0 Å². The van der Waals surface area contributed by atoms with Crippen molar-refractivity contribution < 1.29 is 26.3 Å². The molecule has 1 atom stereocenters. The summed E-state index contributed by atoms with van der Waals surface area (Å²) in [4.78, 5) is 7.43. The molecule has 2 N–H and O–H groups in total. The van der Waals surface area contributed by atoms with E-state index in [0.29, 0.717) is 28.8 Å². The van der Waals surface area contributed by atoms with E-state index in [0.717, 1.165) is 5.57 Å². The molecular formula is C20H18F3N3O3S. The first-order valence-corrected chi connectivity index (χ1v) is 11.0. The summed E-state index contributed by atoms with van der Waals surface area (Å²) >= 11 is 0. The van der Waals surface area contributed by atoms with Crippen molar-refractivity contribution in [3.8, 4) is 16.9 Å². The third-order valence-corrected chi connectivity index (χ3v) is 6.26. The SMILES string of the molecule is CS(=O)(=O)C1CC(c2cc3c(-c4ccccc4OC(F)(F)F)ccnc3[nH]2)=CCN1. The van der Waals surface area contributed by atoms with E-state index in [9.17, 15) is 21.6 Å². The van der Waals surface area contributed by atoms with E-state index in [1.165, 1.54) is 24.6 Å². The van der Waals surface area contributed by atoms with Gasteiger partial charge in [-0.3, -0.25) is 5.32 Å². The topological polar surface area (TPSA) is 84.1 Å². The van der Waals surface area contributed by atoms with Gasteiger partial charge >= 0.3 is 6.36 Å². The molecule has 10 heteroatoms. The second-order valence-corrected chi connectivity index (χ2v) is 9.24. The first kappa shape index (κ1) is 20.4. The average molecular weight is 437 g/mol. The minimum atomic E-state index is -4.81. The lowest BCUT2D eigenvalue weighted by Crippen LogP contribution is -2.38. The molecule has 1 aliphatic heterocycles. The molecule has 1 aromatic carbocycles. The summed E-state index contributed by atoms with van der Waals surface area (Å²) < 4.78 is 66.5. The number of alkyl halides is 3. The maximum atomic E-state index is 12.8. The van der Waals surface area contributed by atoms with Crippen molar-refractivity contribution in [2.75, 3.05) is 12.8 Å². The Morgan fingerprint density at radius 3 is 2.67 bits per heavy atom. The van der Waals surface area contributed by atoms with E-state index in [1.54, 1.807) is 24.3 Å². The van der Waals surface area contributed by atoms with Crippen LogP contribution in [0.2, 0.25) is 0 Å². The number of ether oxygens (including phenoxy) is 1. The lowest BCUT2D eigenvalue weighted by molar-refractivity contribution is -0.274. The van der Waals surface area contributed by atoms with Gasteiger partial charge in [0.25, 0.3) is 0 Å². The molecule has 0 amide bonds. The summed E-state index contributed by atoms with van der Waals surface area (Å²) in [6.45, 7) is 0.394. The molecule has 0 saturated carbocycles. The summed E-state index contributed by atoms with van der Waals surface area (Å²) in [6, 6.07) is 9.30. The average Bonchev–Trinajstić information content (AvgIpc) is 3.11. The van der Waals surface area contributed by atoms with E-state index >= 15 is 0 Å². The predicted octanol–water partition coefficient (Wildman–Crippen LogP) is 3.88. The highest BCUT2D eigenvalue weighted by atomic mass is 32.2. The number of fused-ring (bicyclic) bond motifs is 1. The van der Waals surface area contributed by atoms with Gasteiger partial charge in [-0.1, -0.05) is 24.3 Å². The number of nitrogens with one attached hydrogen (secondary N) is 2. The van der Waals surface area contributed by atoms with Gasteiger partial charge in [-0.15, -0.1) is 13.2 Å². The second-order valence-electron chi connectivity index (χ2n) is 7.01. The quantitative estimate of drug-likeness (QED) is 0.647. The number of para-hydroxylation sites is 1. The zero-order chi connectivity index (χ0) is 21.5. The van der Waals surface area contributed by atoms with Crippen molar-refractivity contribution in [1.82, 2.24) is 15.3 Å². The van der Waals surface area contributed by atoms with Crippen LogP contribution in [0.3, 0.4) is 0 Å². The number of nitrogens with zero attached hydrogens (tertiary/aromatic N) is 1. The molecule has 2 aromatic heterocycles. The Morgan fingerprint density at radius 2 is 1.93 bits per heavy atom. The molecule has 0 spiro atoms. The van der Waals surface area contributed by atoms with E-state index in [1.807, 2.05) is 6.08 Å². The third-order valence-electron chi connectivity index (χ3n) is 4.90. The molecule has 0 radical (unpaired) electrons. The minimum Gasteiger partial charge on any atom is -0.405 e. The summed E-state index contributed by atoms with van der Waals surface area (Å²) in [5.41, 5.74) is 2.76. The van der Waals surface area contributed by atoms with Gasteiger partial charge in [0.15, 0.2) is 9.84 Å². The number of hydrogen-bond acceptors (Lipinski definition) is 5. The van der Waals surface area contributed by atoms with Gasteiger partial charge < -0.3 is 9.72 Å². The maximum Gasteiger partial charge on any atom is 0.573 e. The number of halogens is 3. The molecule has 3 heterocycles. The Morgan fingerprint density at radius 1 is 1.17 bits per heavy atom. The van der Waals surface area contributed by atoms with Gasteiger partial charge in [0.1, 0.15) is 16.8 Å². The van der Waals surface area contributed by atoms with Crippen LogP contribution in [0, 0.1) is 0 Å². The zero-order valence-electron chi connectivity index (χ0n) is 15.8. The molecule has 30 heavy (non-hydrogen) atoms. The van der Waals surface area contributed by atoms with Gasteiger partial charge in [0.05, 0.1) is 0 Å². The Hall–Kier alpha value is -2.85. The highest BCUT2D eigenvalue weighted by Gasteiger charge is 2.32. The summed E-state index contributed by atoms with van der Waals surface area (Å²) in [6.07, 6.45) is 0.0160. The molecule has 6 nitrogen and oxygen atoms in total. The Kier molecular flexibility index (Phi) is 5.07. The molecule has 1 unspecified atom stereocenters. The van der Waals surface area contributed by atoms with Crippen LogP contribution in [0.25, 0.3) is 27.7 Å². The van der Waals surface area contributed by atoms with Crippen molar-refractivity contribution in [2.24, 2.45) is 0 Å². The van der Waals surface area contributed by atoms with Crippen molar-refractivity contribution in [2.45, 2.75) is 18.2 Å². The monoisotopic (exact) mass is 437 g/mol. The number of hydrogen-bond donors (Lipinski definition) is 2. The molecule has 0 aliphatic carbocycles. The van der Waals surface area contributed by atoms with Gasteiger partial charge in [-0.25, -0.2) is 13.4 Å². The molecule has 1 aliphatic rings. The highest BCUT2D eigenvalue weighted by molar-refractivity contribution is 7.91. The first-order chi connectivity index (χ1) is 14.1. The number of H-pyrrole nitrogens is 1. The lowest BCUT2D eigenvalue weighted by Gasteiger charge is -2.22. The summed E-state index contributed by atoms with van der Waals surface area (Å²) in [5, 5.41) is 2.86. The Labute approximate surface area is 170 Å². The van der Waals surface area contributed by atoms with Crippen LogP contribution in [0.5, 0.6) is 5.75 Å². The first-order valence-electron chi connectivity index (χ1n) is 9.06. The summed E-state index contributed by atoms with van der Waals surface area (Å²) in [7, 11) is -3.28. The smallest absolute Gasteiger partial charge is 0.405 e. The van der Waals surface area contributed by atoms with Crippen LogP contribution in [-0.2, 0) is 9.84 Å². The van der Waals surface area contributed by atoms with Crippen LogP contribution >= 0.6 is 0 Å². The molecule has 0 bridgehead atoms. The molecule has 0 fully saturated rings. The fourth-order valence-corrected chi connectivity index (χ4v) is 4.41. The Bertz CT molecular complexity index is 1230. The predicted molar refractivity (Wildman–Crippen MR) is 107 cm³/mol. The van der Waals surface area contributed by atoms with E-state index in [-0.39, 0.29) is 17.7 Å². The van der Waals surface area contributed by atoms with E-state index < -0.39 is 21.6 Å². The number of sulfone groups is 1. The van der Waals surface area contributed by atoms with Crippen LogP contribution in [-0.4, -0.2) is 42.9 Å². The van der Waals surface area contributed by atoms with Crippen LogP contribution < -0.4 is 10.1 Å².